The van der Waals surface area contributed by atoms with Gasteiger partial charge in [0.15, 0.2) is 0 Å². The van der Waals surface area contributed by atoms with Gasteiger partial charge < -0.3 is 4.90 Å². The molecule has 0 saturated carbocycles. The van der Waals surface area contributed by atoms with Crippen molar-refractivity contribution in [2.24, 2.45) is 16.4 Å². The average molecular weight is 253 g/mol. The van der Waals surface area contributed by atoms with Crippen LogP contribution in [-0.2, 0) is 0 Å². The van der Waals surface area contributed by atoms with E-state index in [1.807, 2.05) is 6.34 Å². The van der Waals surface area contributed by atoms with Crippen LogP contribution in [-0.4, -0.2) is 35.5 Å². The Morgan fingerprint density at radius 1 is 1.28 bits per heavy atom. The third-order valence-electron chi connectivity index (χ3n) is 3.16. The molecule has 0 bridgehead atoms. The van der Waals surface area contributed by atoms with Crippen LogP contribution >= 0.6 is 0 Å². The van der Waals surface area contributed by atoms with Gasteiger partial charge in [0.05, 0.1) is 0 Å². The fraction of sp³-hybridized carbons (Fsp3) is 0.933. The summed E-state index contributed by atoms with van der Waals surface area (Å²) in [5, 5.41) is 6.89. The van der Waals surface area contributed by atoms with E-state index < -0.39 is 0 Å². The topological polar surface area (TPSA) is 18.8 Å². The minimum atomic E-state index is 0.321. The number of hydrazone groups is 1. The van der Waals surface area contributed by atoms with Crippen molar-refractivity contribution in [3.8, 4) is 0 Å². The van der Waals surface area contributed by atoms with Crippen molar-refractivity contribution in [1.29, 1.82) is 0 Å². The quantitative estimate of drug-likeness (QED) is 0.717. The molecule has 1 rings (SSSR count). The highest BCUT2D eigenvalue weighted by atomic mass is 15.6. The number of hydrogen-bond acceptors (Lipinski definition) is 3. The summed E-state index contributed by atoms with van der Waals surface area (Å²) < 4.78 is 0. The van der Waals surface area contributed by atoms with Crippen molar-refractivity contribution in [3.63, 3.8) is 0 Å². The predicted molar refractivity (Wildman–Crippen MR) is 79.5 cm³/mol. The molecule has 0 spiro atoms. The normalized spacial score (nSPS) is 20.3. The van der Waals surface area contributed by atoms with Gasteiger partial charge in [-0.2, -0.15) is 5.10 Å². The second kappa shape index (κ2) is 6.44. The summed E-state index contributed by atoms with van der Waals surface area (Å²) in [6, 6.07) is 0. The number of hydrogen-bond donors (Lipinski definition) is 0. The third kappa shape index (κ3) is 4.87. The molecule has 0 aliphatic carbocycles. The Morgan fingerprint density at radius 3 is 2.44 bits per heavy atom. The van der Waals surface area contributed by atoms with Crippen molar-refractivity contribution in [3.05, 3.63) is 0 Å². The molecule has 0 aromatic rings. The molecule has 1 heterocycles. The molecule has 3 heteroatoms. The zero-order valence-corrected chi connectivity index (χ0v) is 13.1. The van der Waals surface area contributed by atoms with Crippen molar-refractivity contribution in [2.45, 2.75) is 67.0 Å². The Labute approximate surface area is 113 Å². The monoisotopic (exact) mass is 253 g/mol. The highest BCUT2D eigenvalue weighted by Gasteiger charge is 2.30. The molecular formula is C15H31N3. The summed E-state index contributed by atoms with van der Waals surface area (Å²) in [5.41, 5.74) is 0.321. The number of unbranched alkanes of at least 4 members (excludes halogenated alkanes) is 1. The molecule has 0 amide bonds. The number of rotatable bonds is 6. The zero-order valence-electron chi connectivity index (χ0n) is 13.1. The first kappa shape index (κ1) is 15.3. The molecule has 0 aromatic heterocycles. The van der Waals surface area contributed by atoms with E-state index in [-0.39, 0.29) is 0 Å². The van der Waals surface area contributed by atoms with E-state index in [0.29, 0.717) is 17.5 Å². The van der Waals surface area contributed by atoms with Gasteiger partial charge in [0.1, 0.15) is 12.5 Å². The van der Waals surface area contributed by atoms with E-state index >= 15 is 0 Å². The Balaban J connectivity index is 2.64. The molecule has 0 radical (unpaired) electrons. The Bertz CT molecular complexity index is 265. The van der Waals surface area contributed by atoms with Crippen LogP contribution in [0.5, 0.6) is 0 Å². The van der Waals surface area contributed by atoms with Gasteiger partial charge in [0, 0.05) is 13.1 Å². The van der Waals surface area contributed by atoms with E-state index in [0.717, 1.165) is 13.1 Å². The Kier molecular flexibility index (Phi) is 5.48. The van der Waals surface area contributed by atoms with Crippen molar-refractivity contribution in [2.75, 3.05) is 13.1 Å². The first-order valence-corrected chi connectivity index (χ1v) is 7.40. The third-order valence-corrected chi connectivity index (χ3v) is 3.16. The van der Waals surface area contributed by atoms with Gasteiger partial charge in [0.2, 0.25) is 0 Å². The zero-order chi connectivity index (χ0) is 13.8. The molecule has 3 nitrogen and oxygen atoms in total. The van der Waals surface area contributed by atoms with Crippen LogP contribution in [0.2, 0.25) is 0 Å². The van der Waals surface area contributed by atoms with E-state index in [4.69, 9.17) is 0 Å². The molecule has 1 unspecified atom stereocenters. The van der Waals surface area contributed by atoms with Gasteiger partial charge in [-0.05, 0) is 24.2 Å². The van der Waals surface area contributed by atoms with Gasteiger partial charge >= 0.3 is 0 Å². The highest BCUT2D eigenvalue weighted by molar-refractivity contribution is 5.57. The van der Waals surface area contributed by atoms with E-state index in [1.165, 1.54) is 19.3 Å². The highest BCUT2D eigenvalue weighted by Crippen LogP contribution is 2.24. The minimum absolute atomic E-state index is 0.321. The summed E-state index contributed by atoms with van der Waals surface area (Å²) >= 11 is 0. The van der Waals surface area contributed by atoms with Crippen molar-refractivity contribution < 1.29 is 0 Å². The van der Waals surface area contributed by atoms with E-state index in [1.54, 1.807) is 0 Å². The Hall–Kier alpha value is -0.730. The second-order valence-corrected chi connectivity index (χ2v) is 7.09. The summed E-state index contributed by atoms with van der Waals surface area (Å²) in [6.45, 7) is 15.9. The van der Waals surface area contributed by atoms with Crippen LogP contribution in [0.15, 0.2) is 5.10 Å². The smallest absolute Gasteiger partial charge is 0.119 e. The van der Waals surface area contributed by atoms with Crippen molar-refractivity contribution >= 4 is 6.34 Å². The van der Waals surface area contributed by atoms with E-state index in [2.05, 4.69) is 56.6 Å². The molecule has 0 aromatic carbocycles. The summed E-state index contributed by atoms with van der Waals surface area (Å²) in [5.74, 6) is 0.711. The maximum absolute atomic E-state index is 4.61. The van der Waals surface area contributed by atoms with Crippen LogP contribution in [0.1, 0.15) is 60.8 Å². The lowest BCUT2D eigenvalue weighted by atomic mass is 9.95. The van der Waals surface area contributed by atoms with E-state index in [9.17, 15) is 0 Å². The van der Waals surface area contributed by atoms with Gasteiger partial charge in [-0.15, -0.1) is 0 Å². The molecule has 106 valence electrons. The molecular weight excluding hydrogens is 222 g/mol. The predicted octanol–water partition coefficient (Wildman–Crippen LogP) is 3.77. The fourth-order valence-corrected chi connectivity index (χ4v) is 2.36. The van der Waals surface area contributed by atoms with Gasteiger partial charge in [-0.25, -0.2) is 0 Å². The standard InChI is InChI=1S/C15H31N3/c1-7-8-9-18-14(10-13(2)3)17(12-16-18)11-15(4,5)6/h12-14H,7-11H2,1-6H3. The summed E-state index contributed by atoms with van der Waals surface area (Å²) in [6.07, 6.45) is 6.18. The minimum Gasteiger partial charge on any atom is -0.339 e. The van der Waals surface area contributed by atoms with Gasteiger partial charge in [-0.3, -0.25) is 5.01 Å². The molecule has 0 N–H and O–H groups in total. The van der Waals surface area contributed by atoms with Crippen LogP contribution in [0.3, 0.4) is 0 Å². The number of nitrogens with zero attached hydrogens (tertiary/aromatic N) is 3. The van der Waals surface area contributed by atoms with Gasteiger partial charge in [-0.1, -0.05) is 48.0 Å². The first-order valence-electron chi connectivity index (χ1n) is 7.40. The second-order valence-electron chi connectivity index (χ2n) is 7.09. The molecule has 0 saturated heterocycles. The average Bonchev–Trinajstić information content (AvgIpc) is 2.55. The summed E-state index contributed by atoms with van der Waals surface area (Å²) in [7, 11) is 0. The Morgan fingerprint density at radius 2 is 1.94 bits per heavy atom. The van der Waals surface area contributed by atoms with Crippen molar-refractivity contribution in [1.82, 2.24) is 9.91 Å². The lowest BCUT2D eigenvalue weighted by Crippen LogP contribution is -2.44. The molecule has 0 fully saturated rings. The fourth-order valence-electron chi connectivity index (χ4n) is 2.36. The first-order chi connectivity index (χ1) is 8.33. The van der Waals surface area contributed by atoms with Crippen LogP contribution < -0.4 is 0 Å². The maximum atomic E-state index is 4.61. The SMILES string of the molecule is CCCCN1N=CN(CC(C)(C)C)C1CC(C)C. The maximum Gasteiger partial charge on any atom is 0.119 e. The summed E-state index contributed by atoms with van der Waals surface area (Å²) in [4.78, 5) is 2.43. The largest absolute Gasteiger partial charge is 0.339 e. The molecule has 1 aliphatic heterocycles. The molecule has 18 heavy (non-hydrogen) atoms. The molecule has 1 aliphatic rings. The van der Waals surface area contributed by atoms with Gasteiger partial charge in [0.25, 0.3) is 0 Å². The van der Waals surface area contributed by atoms with Crippen LogP contribution in [0.25, 0.3) is 0 Å². The lowest BCUT2D eigenvalue weighted by Gasteiger charge is -2.35. The van der Waals surface area contributed by atoms with Crippen LogP contribution in [0, 0.1) is 11.3 Å². The molecule has 1 atom stereocenters. The van der Waals surface area contributed by atoms with Crippen LogP contribution in [0.4, 0.5) is 0 Å². The lowest BCUT2D eigenvalue weighted by molar-refractivity contribution is 0.0884.